The van der Waals surface area contributed by atoms with E-state index in [-0.39, 0.29) is 10.8 Å². The van der Waals surface area contributed by atoms with Crippen LogP contribution in [0.1, 0.15) is 6.92 Å². The van der Waals surface area contributed by atoms with E-state index in [4.69, 9.17) is 14.7 Å². The second-order valence-corrected chi connectivity index (χ2v) is 7.84. The Kier molecular flexibility index (Phi) is 6.04. The van der Waals surface area contributed by atoms with E-state index >= 15 is 0 Å². The number of nitriles is 1. The molecule has 1 atom stereocenters. The summed E-state index contributed by atoms with van der Waals surface area (Å²) in [6.07, 6.45) is 0. The van der Waals surface area contributed by atoms with E-state index in [2.05, 4.69) is 6.07 Å². The molecular weight excluding hydrogens is 330 g/mol. The number of benzene rings is 1. The van der Waals surface area contributed by atoms with Crippen molar-refractivity contribution >= 4 is 10.0 Å². The number of hydrogen-bond donors (Lipinski definition) is 1. The van der Waals surface area contributed by atoms with Gasteiger partial charge in [0.25, 0.3) is 0 Å². The van der Waals surface area contributed by atoms with Crippen molar-refractivity contribution in [2.45, 2.75) is 11.8 Å². The van der Waals surface area contributed by atoms with Crippen LogP contribution in [-0.2, 0) is 10.0 Å². The van der Waals surface area contributed by atoms with Gasteiger partial charge in [-0.05, 0) is 19.1 Å². The summed E-state index contributed by atoms with van der Waals surface area (Å²) in [6.45, 7) is 4.95. The van der Waals surface area contributed by atoms with Crippen molar-refractivity contribution in [3.8, 4) is 17.6 Å². The number of nitrogens with one attached hydrogen (secondary N) is 1. The Bertz CT molecular complexity index is 707. The van der Waals surface area contributed by atoms with Gasteiger partial charge in [-0.1, -0.05) is 0 Å². The van der Waals surface area contributed by atoms with E-state index in [1.54, 1.807) is 6.07 Å². The van der Waals surface area contributed by atoms with Crippen LogP contribution in [-0.4, -0.2) is 59.7 Å². The molecule has 0 aromatic heterocycles. The van der Waals surface area contributed by atoms with Gasteiger partial charge in [-0.2, -0.15) is 9.57 Å². The van der Waals surface area contributed by atoms with Gasteiger partial charge < -0.3 is 14.4 Å². The average Bonchev–Trinajstić information content (AvgIpc) is 2.61. The van der Waals surface area contributed by atoms with Gasteiger partial charge in [0.2, 0.25) is 10.0 Å². The molecule has 132 valence electrons. The fourth-order valence-corrected chi connectivity index (χ4v) is 4.31. The van der Waals surface area contributed by atoms with Crippen LogP contribution in [0.15, 0.2) is 23.1 Å². The molecule has 7 nitrogen and oxygen atoms in total. The lowest BCUT2D eigenvalue weighted by atomic mass is 10.2. The van der Waals surface area contributed by atoms with Gasteiger partial charge in [0.05, 0.1) is 63.8 Å². The zero-order valence-corrected chi connectivity index (χ0v) is 15.1. The topological polar surface area (TPSA) is 84.1 Å². The van der Waals surface area contributed by atoms with Crippen LogP contribution in [0.2, 0.25) is 0 Å². The lowest BCUT2D eigenvalue weighted by Gasteiger charge is -2.32. The monoisotopic (exact) mass is 354 g/mol. The first kappa shape index (κ1) is 18.5. The molecule has 1 fully saturated rings. The number of nitrogens with zero attached hydrogens (tertiary/aromatic N) is 2. The molecule has 0 unspecified atom stereocenters. The first-order valence-corrected chi connectivity index (χ1v) is 9.31. The molecular formula is C16H24N3O4S+. The highest BCUT2D eigenvalue weighted by atomic mass is 32.2. The van der Waals surface area contributed by atoms with Crippen molar-refractivity contribution in [1.82, 2.24) is 4.31 Å². The van der Waals surface area contributed by atoms with E-state index < -0.39 is 10.0 Å². The van der Waals surface area contributed by atoms with Crippen LogP contribution in [0, 0.1) is 17.2 Å². The summed E-state index contributed by atoms with van der Waals surface area (Å²) in [5.74, 6) is 0.871. The highest BCUT2D eigenvalue weighted by Gasteiger charge is 2.31. The Morgan fingerprint density at radius 3 is 2.42 bits per heavy atom. The molecule has 1 N–H and O–H groups in total. The van der Waals surface area contributed by atoms with Crippen molar-refractivity contribution in [3.05, 3.63) is 18.2 Å². The third kappa shape index (κ3) is 3.98. The van der Waals surface area contributed by atoms with E-state index in [1.165, 1.54) is 35.6 Å². The molecule has 2 rings (SSSR count). The van der Waals surface area contributed by atoms with Crippen LogP contribution >= 0.6 is 0 Å². The summed E-state index contributed by atoms with van der Waals surface area (Å²) in [7, 11) is -0.569. The maximum absolute atomic E-state index is 12.8. The Labute approximate surface area is 143 Å². The van der Waals surface area contributed by atoms with Gasteiger partial charge in [-0.15, -0.1) is 0 Å². The van der Waals surface area contributed by atoms with Gasteiger partial charge in [-0.3, -0.25) is 0 Å². The van der Waals surface area contributed by atoms with Crippen LogP contribution < -0.4 is 14.4 Å². The summed E-state index contributed by atoms with van der Waals surface area (Å²) < 4.78 is 37.4. The SMILES string of the molecule is COc1ccc(S(=O)(=O)N2CC[NH+](C[C@H](C)C#N)CC2)cc1OC. The van der Waals surface area contributed by atoms with Gasteiger partial charge in [0, 0.05) is 6.07 Å². The lowest BCUT2D eigenvalue weighted by molar-refractivity contribution is -0.905. The highest BCUT2D eigenvalue weighted by Crippen LogP contribution is 2.30. The summed E-state index contributed by atoms with van der Waals surface area (Å²) in [5, 5.41) is 8.90. The van der Waals surface area contributed by atoms with Crippen LogP contribution in [0.4, 0.5) is 0 Å². The molecule has 1 aliphatic rings. The van der Waals surface area contributed by atoms with Crippen molar-refractivity contribution in [2.24, 2.45) is 5.92 Å². The van der Waals surface area contributed by atoms with Crippen LogP contribution in [0.25, 0.3) is 0 Å². The van der Waals surface area contributed by atoms with Crippen molar-refractivity contribution in [1.29, 1.82) is 5.26 Å². The number of ether oxygens (including phenoxy) is 2. The van der Waals surface area contributed by atoms with Gasteiger partial charge in [0.1, 0.15) is 0 Å². The minimum atomic E-state index is -3.56. The molecule has 1 heterocycles. The maximum atomic E-state index is 12.8. The quantitative estimate of drug-likeness (QED) is 0.762. The Morgan fingerprint density at radius 2 is 1.88 bits per heavy atom. The van der Waals surface area contributed by atoms with E-state index in [9.17, 15) is 8.42 Å². The van der Waals surface area contributed by atoms with Gasteiger partial charge in [-0.25, -0.2) is 8.42 Å². The third-order valence-electron chi connectivity index (χ3n) is 4.24. The maximum Gasteiger partial charge on any atom is 0.243 e. The predicted octanol–water partition coefficient (Wildman–Crippen LogP) is -0.247. The molecule has 0 amide bonds. The second-order valence-electron chi connectivity index (χ2n) is 5.91. The lowest BCUT2D eigenvalue weighted by Crippen LogP contribution is -3.15. The van der Waals surface area contributed by atoms with Gasteiger partial charge in [0.15, 0.2) is 11.5 Å². The number of quaternary nitrogens is 1. The molecule has 1 aromatic carbocycles. The minimum absolute atomic E-state index is 0.0194. The smallest absolute Gasteiger partial charge is 0.243 e. The van der Waals surface area contributed by atoms with Gasteiger partial charge >= 0.3 is 0 Å². The Hall–Kier alpha value is -1.82. The fourth-order valence-electron chi connectivity index (χ4n) is 2.85. The number of methoxy groups -OCH3 is 2. The molecule has 0 saturated carbocycles. The van der Waals surface area contributed by atoms with E-state index in [0.717, 1.165) is 6.54 Å². The molecule has 1 aromatic rings. The number of hydrogen-bond acceptors (Lipinski definition) is 5. The normalized spacial score (nSPS) is 17.9. The largest absolute Gasteiger partial charge is 0.493 e. The summed E-state index contributed by atoms with van der Waals surface area (Å²) in [4.78, 5) is 1.47. The number of sulfonamides is 1. The zero-order chi connectivity index (χ0) is 17.7. The molecule has 1 saturated heterocycles. The Balaban J connectivity index is 2.11. The van der Waals surface area contributed by atoms with E-state index in [1.807, 2.05) is 6.92 Å². The standard InChI is InChI=1S/C16H23N3O4S/c1-13(11-17)12-18-6-8-19(9-7-18)24(20,21)14-4-5-15(22-2)16(10-14)23-3/h4-5,10,13H,6-9,12H2,1-3H3/p+1/t13-/m1/s1. The highest BCUT2D eigenvalue weighted by molar-refractivity contribution is 7.89. The average molecular weight is 354 g/mol. The summed E-state index contributed by atoms with van der Waals surface area (Å²) in [6, 6.07) is 6.85. The number of rotatable bonds is 6. The second kappa shape index (κ2) is 7.83. The first-order chi connectivity index (χ1) is 11.4. The van der Waals surface area contributed by atoms with Crippen molar-refractivity contribution in [2.75, 3.05) is 46.9 Å². The zero-order valence-electron chi connectivity index (χ0n) is 14.3. The summed E-state index contributed by atoms with van der Waals surface area (Å²) in [5.41, 5.74) is 0. The molecule has 8 heteroatoms. The van der Waals surface area contributed by atoms with Crippen molar-refractivity contribution in [3.63, 3.8) is 0 Å². The molecule has 1 aliphatic heterocycles. The van der Waals surface area contributed by atoms with E-state index in [0.29, 0.717) is 37.7 Å². The molecule has 0 spiro atoms. The van der Waals surface area contributed by atoms with Crippen LogP contribution in [0.5, 0.6) is 11.5 Å². The number of piperazine rings is 1. The molecule has 0 bridgehead atoms. The van der Waals surface area contributed by atoms with Crippen LogP contribution in [0.3, 0.4) is 0 Å². The molecule has 24 heavy (non-hydrogen) atoms. The molecule has 0 radical (unpaired) electrons. The fraction of sp³-hybridized carbons (Fsp3) is 0.562. The molecule has 0 aliphatic carbocycles. The summed E-state index contributed by atoms with van der Waals surface area (Å²) >= 11 is 0. The third-order valence-corrected chi connectivity index (χ3v) is 6.13. The first-order valence-electron chi connectivity index (χ1n) is 7.87. The Morgan fingerprint density at radius 1 is 1.25 bits per heavy atom. The predicted molar refractivity (Wildman–Crippen MR) is 88.6 cm³/mol. The van der Waals surface area contributed by atoms with Crippen molar-refractivity contribution < 1.29 is 22.8 Å². The minimum Gasteiger partial charge on any atom is -0.493 e.